The van der Waals surface area contributed by atoms with E-state index in [1.807, 2.05) is 0 Å². The fraction of sp³-hybridized carbons (Fsp3) is 0.217. The number of amides is 2. The lowest BCUT2D eigenvalue weighted by Crippen LogP contribution is -2.42. The molecule has 0 saturated heterocycles. The number of hydrogen-bond donors (Lipinski definition) is 3. The lowest BCUT2D eigenvalue weighted by Gasteiger charge is -2.26. The van der Waals surface area contributed by atoms with E-state index >= 15 is 0 Å². The first kappa shape index (κ1) is 23.5. The molecule has 0 saturated carbocycles. The number of aliphatic hydroxyl groups is 2. The van der Waals surface area contributed by atoms with Crippen LogP contribution in [0.4, 0.5) is 28.0 Å². The number of rotatable bonds is 6. The predicted molar refractivity (Wildman–Crippen MR) is 114 cm³/mol. The molecule has 0 bridgehead atoms. The molecular formula is C23H19F4N3O4. The highest BCUT2D eigenvalue weighted by Gasteiger charge is 2.35. The highest BCUT2D eigenvalue weighted by atomic mass is 19.1. The number of nitrogens with one attached hydrogen (secondary N) is 1. The maximum atomic E-state index is 14.6. The summed E-state index contributed by atoms with van der Waals surface area (Å²) in [6, 6.07) is 5.04. The van der Waals surface area contributed by atoms with E-state index in [-0.39, 0.29) is 35.0 Å². The van der Waals surface area contributed by atoms with Crippen molar-refractivity contribution in [3.63, 3.8) is 0 Å². The smallest absolute Gasteiger partial charge is 0.326 e. The van der Waals surface area contributed by atoms with E-state index in [9.17, 15) is 32.6 Å². The maximum Gasteiger partial charge on any atom is 0.326 e. The Morgan fingerprint density at radius 3 is 2.38 bits per heavy atom. The first-order valence-corrected chi connectivity index (χ1v) is 10.1. The number of para-hydroxylation sites is 1. The number of carbonyl (C=O) groups excluding carboxylic acids is 1. The Labute approximate surface area is 191 Å². The number of urea groups is 1. The summed E-state index contributed by atoms with van der Waals surface area (Å²) >= 11 is 0. The number of nitrogens with zero attached hydrogens (tertiary/aromatic N) is 2. The minimum absolute atomic E-state index is 0.0321. The highest BCUT2D eigenvalue weighted by molar-refractivity contribution is 5.99. The SMILES string of the molecule is CC(CO)(CO)c1nc(C2=CN(c3c(F)cccc3F)C(=O)NC2)c(-c2ccc(F)cc2F)o1. The van der Waals surface area contributed by atoms with Crippen LogP contribution in [0.15, 0.2) is 47.0 Å². The topological polar surface area (TPSA) is 98.8 Å². The van der Waals surface area contributed by atoms with E-state index in [0.717, 1.165) is 36.5 Å². The molecule has 0 radical (unpaired) electrons. The second-order valence-electron chi connectivity index (χ2n) is 7.95. The molecule has 0 atom stereocenters. The molecule has 34 heavy (non-hydrogen) atoms. The van der Waals surface area contributed by atoms with Crippen LogP contribution in [0.2, 0.25) is 0 Å². The van der Waals surface area contributed by atoms with E-state index in [1.165, 1.54) is 6.92 Å². The van der Waals surface area contributed by atoms with E-state index in [1.54, 1.807) is 0 Å². The highest BCUT2D eigenvalue weighted by Crippen LogP contribution is 2.37. The second kappa shape index (κ2) is 8.92. The summed E-state index contributed by atoms with van der Waals surface area (Å²) in [5.74, 6) is -4.14. The average Bonchev–Trinajstić information content (AvgIpc) is 3.25. The van der Waals surface area contributed by atoms with Gasteiger partial charge in [-0.05, 0) is 31.2 Å². The lowest BCUT2D eigenvalue weighted by molar-refractivity contribution is 0.109. The number of aromatic nitrogens is 1. The molecule has 0 unspecified atom stereocenters. The van der Waals surface area contributed by atoms with Gasteiger partial charge in [-0.3, -0.25) is 4.90 Å². The molecule has 0 spiro atoms. The van der Waals surface area contributed by atoms with Gasteiger partial charge in [0.15, 0.2) is 5.76 Å². The van der Waals surface area contributed by atoms with Gasteiger partial charge in [-0.1, -0.05) is 6.07 Å². The number of carbonyl (C=O) groups is 1. The van der Waals surface area contributed by atoms with Crippen LogP contribution in [0.5, 0.6) is 0 Å². The number of oxazole rings is 1. The van der Waals surface area contributed by atoms with Crippen LogP contribution in [-0.2, 0) is 5.41 Å². The molecule has 0 aliphatic carbocycles. The van der Waals surface area contributed by atoms with Crippen LogP contribution in [-0.4, -0.2) is 41.0 Å². The molecule has 2 heterocycles. The largest absolute Gasteiger partial charge is 0.439 e. The van der Waals surface area contributed by atoms with Gasteiger partial charge < -0.3 is 19.9 Å². The van der Waals surface area contributed by atoms with Gasteiger partial charge in [0.1, 0.15) is 34.7 Å². The van der Waals surface area contributed by atoms with Gasteiger partial charge in [-0.2, -0.15) is 0 Å². The Balaban J connectivity index is 1.92. The minimum Gasteiger partial charge on any atom is -0.439 e. The monoisotopic (exact) mass is 477 g/mol. The third-order valence-corrected chi connectivity index (χ3v) is 5.43. The molecule has 1 aliphatic rings. The van der Waals surface area contributed by atoms with Gasteiger partial charge in [0.25, 0.3) is 0 Å². The van der Waals surface area contributed by atoms with Gasteiger partial charge in [0.2, 0.25) is 5.89 Å². The summed E-state index contributed by atoms with van der Waals surface area (Å²) in [5.41, 5.74) is -2.04. The minimum atomic E-state index is -1.36. The fourth-order valence-electron chi connectivity index (χ4n) is 3.38. The zero-order valence-electron chi connectivity index (χ0n) is 17.8. The van der Waals surface area contributed by atoms with E-state index in [2.05, 4.69) is 10.3 Å². The van der Waals surface area contributed by atoms with Gasteiger partial charge in [0.05, 0.1) is 24.2 Å². The van der Waals surface area contributed by atoms with Crippen LogP contribution in [0.1, 0.15) is 18.5 Å². The molecule has 7 nitrogen and oxygen atoms in total. The molecule has 0 fully saturated rings. The fourth-order valence-corrected chi connectivity index (χ4v) is 3.38. The molecule has 11 heteroatoms. The van der Waals surface area contributed by atoms with Crippen molar-refractivity contribution in [2.75, 3.05) is 24.7 Å². The molecule has 2 amide bonds. The normalized spacial score (nSPS) is 14.3. The standard InChI is InChI=1S/C23H19F4N3O4/c1-23(10-31,11-32)21-29-18(20(34-21)14-6-5-13(24)7-17(14)27)12-8-28-22(33)30(9-12)19-15(25)3-2-4-16(19)26/h2-7,9,31-32H,8,10-11H2,1H3,(H,28,33). The number of hydrogen-bond acceptors (Lipinski definition) is 5. The lowest BCUT2D eigenvalue weighted by atomic mass is 9.93. The summed E-state index contributed by atoms with van der Waals surface area (Å²) in [6.07, 6.45) is 1.13. The van der Waals surface area contributed by atoms with Crippen LogP contribution in [0.25, 0.3) is 16.9 Å². The van der Waals surface area contributed by atoms with Crippen molar-refractivity contribution in [1.29, 1.82) is 0 Å². The number of anilines is 1. The zero-order chi connectivity index (χ0) is 24.6. The Morgan fingerprint density at radius 1 is 1.09 bits per heavy atom. The second-order valence-corrected chi connectivity index (χ2v) is 7.95. The third-order valence-electron chi connectivity index (χ3n) is 5.43. The average molecular weight is 477 g/mol. The first-order valence-electron chi connectivity index (χ1n) is 10.1. The Kier molecular flexibility index (Phi) is 6.15. The summed E-state index contributed by atoms with van der Waals surface area (Å²) in [5, 5.41) is 22.0. The number of benzene rings is 2. The molecule has 4 rings (SSSR count). The van der Waals surface area contributed by atoms with Crippen molar-refractivity contribution in [2.24, 2.45) is 0 Å². The van der Waals surface area contributed by atoms with Crippen molar-refractivity contribution < 1.29 is 37.0 Å². The van der Waals surface area contributed by atoms with Crippen molar-refractivity contribution in [1.82, 2.24) is 10.3 Å². The van der Waals surface area contributed by atoms with Crippen LogP contribution >= 0.6 is 0 Å². The zero-order valence-corrected chi connectivity index (χ0v) is 17.8. The molecule has 178 valence electrons. The van der Waals surface area contributed by atoms with Gasteiger partial charge in [-0.15, -0.1) is 0 Å². The molecule has 1 aliphatic heterocycles. The van der Waals surface area contributed by atoms with Crippen molar-refractivity contribution >= 4 is 17.3 Å². The van der Waals surface area contributed by atoms with Crippen molar-refractivity contribution in [3.8, 4) is 11.3 Å². The van der Waals surface area contributed by atoms with Gasteiger partial charge in [-0.25, -0.2) is 27.3 Å². The van der Waals surface area contributed by atoms with E-state index in [4.69, 9.17) is 4.42 Å². The summed E-state index contributed by atoms with van der Waals surface area (Å²) in [7, 11) is 0. The summed E-state index contributed by atoms with van der Waals surface area (Å²) < 4.78 is 62.6. The van der Waals surface area contributed by atoms with Crippen LogP contribution < -0.4 is 10.2 Å². The first-order chi connectivity index (χ1) is 16.2. The van der Waals surface area contributed by atoms with Crippen molar-refractivity contribution in [3.05, 3.63) is 77.5 Å². The Bertz CT molecular complexity index is 1270. The molecule has 2 aromatic carbocycles. The van der Waals surface area contributed by atoms with E-state index in [0.29, 0.717) is 11.0 Å². The summed E-state index contributed by atoms with van der Waals surface area (Å²) in [4.78, 5) is 17.4. The Hall–Kier alpha value is -3.70. The predicted octanol–water partition coefficient (Wildman–Crippen LogP) is 3.71. The van der Waals surface area contributed by atoms with Crippen LogP contribution in [0.3, 0.4) is 0 Å². The van der Waals surface area contributed by atoms with Gasteiger partial charge >= 0.3 is 6.03 Å². The van der Waals surface area contributed by atoms with Gasteiger partial charge in [0, 0.05) is 24.4 Å². The molecule has 1 aromatic heterocycles. The third kappa shape index (κ3) is 4.03. The number of aliphatic hydroxyl groups excluding tert-OH is 2. The molecule has 3 N–H and O–H groups in total. The Morgan fingerprint density at radius 2 is 1.76 bits per heavy atom. The molecule has 3 aromatic rings. The van der Waals surface area contributed by atoms with Crippen LogP contribution in [0, 0.1) is 23.3 Å². The maximum absolute atomic E-state index is 14.6. The van der Waals surface area contributed by atoms with E-state index < -0.39 is 53.6 Å². The number of halogens is 4. The van der Waals surface area contributed by atoms with Crippen molar-refractivity contribution in [2.45, 2.75) is 12.3 Å². The quantitative estimate of drug-likeness (QED) is 0.470. The molecular weight excluding hydrogens is 458 g/mol. The summed E-state index contributed by atoms with van der Waals surface area (Å²) in [6.45, 7) is 0.141.